The molecule has 2 aromatic carbocycles. The zero-order valence-electron chi connectivity index (χ0n) is 19.2. The molecule has 0 aliphatic heterocycles. The van der Waals surface area contributed by atoms with Gasteiger partial charge >= 0.3 is 6.18 Å². The monoisotopic (exact) mass is 482 g/mol. The summed E-state index contributed by atoms with van der Waals surface area (Å²) in [6.45, 7) is 3.62. The zero-order valence-corrected chi connectivity index (χ0v) is 19.2. The predicted octanol–water partition coefficient (Wildman–Crippen LogP) is 5.10. The molecule has 0 spiro atoms. The van der Waals surface area contributed by atoms with Crippen LogP contribution in [-0.2, 0) is 17.5 Å². The molecule has 11 heteroatoms. The maximum Gasteiger partial charge on any atom is 0.419 e. The van der Waals surface area contributed by atoms with Crippen molar-refractivity contribution >= 4 is 22.4 Å². The minimum Gasteiger partial charge on any atom is -0.493 e. The lowest BCUT2D eigenvalue weighted by molar-refractivity contribution is -0.140. The van der Waals surface area contributed by atoms with Crippen molar-refractivity contribution in [2.75, 3.05) is 31.9 Å². The van der Waals surface area contributed by atoms with Gasteiger partial charge in [0.05, 0.1) is 24.3 Å². The molecule has 1 aromatic heterocycles. The van der Waals surface area contributed by atoms with Crippen LogP contribution < -0.4 is 20.5 Å². The van der Waals surface area contributed by atoms with Crippen molar-refractivity contribution in [3.63, 3.8) is 0 Å². The third-order valence-electron chi connectivity index (χ3n) is 5.23. The summed E-state index contributed by atoms with van der Waals surface area (Å²) in [5.41, 5.74) is 4.24. The number of nitrogens with two attached hydrogens (primary N) is 1. The molecule has 0 aliphatic carbocycles. The minimum absolute atomic E-state index is 0.124. The lowest BCUT2D eigenvalue weighted by Gasteiger charge is -2.18. The van der Waals surface area contributed by atoms with E-state index in [1.807, 2.05) is 6.92 Å². The second-order valence-corrected chi connectivity index (χ2v) is 7.61. The molecule has 1 atom stereocenters. The molecule has 34 heavy (non-hydrogen) atoms. The molecule has 3 aromatic rings. The molecule has 0 amide bonds. The first-order valence-corrected chi connectivity index (χ1v) is 10.5. The summed E-state index contributed by atoms with van der Waals surface area (Å²) in [6, 6.07) is 5.06. The summed E-state index contributed by atoms with van der Waals surface area (Å²) < 4.78 is 70.7. The number of fused-ring (bicyclic) bond motifs is 1. The van der Waals surface area contributed by atoms with Gasteiger partial charge in [-0.1, -0.05) is 6.92 Å². The van der Waals surface area contributed by atoms with Gasteiger partial charge in [-0.15, -0.1) is 0 Å². The van der Waals surface area contributed by atoms with E-state index >= 15 is 0 Å². The summed E-state index contributed by atoms with van der Waals surface area (Å²) in [7, 11) is 3.09. The number of methoxy groups -OCH3 is 2. The van der Waals surface area contributed by atoms with Crippen LogP contribution in [0.25, 0.3) is 10.9 Å². The van der Waals surface area contributed by atoms with Crippen molar-refractivity contribution in [1.29, 1.82) is 0 Å². The first kappa shape index (κ1) is 25.3. The Kier molecular flexibility index (Phi) is 7.65. The van der Waals surface area contributed by atoms with E-state index < -0.39 is 17.6 Å². The fourth-order valence-corrected chi connectivity index (χ4v) is 3.42. The quantitative estimate of drug-likeness (QED) is 0.324. The molecule has 184 valence electrons. The number of rotatable bonds is 9. The Labute approximate surface area is 194 Å². The van der Waals surface area contributed by atoms with E-state index in [-0.39, 0.29) is 30.5 Å². The highest BCUT2D eigenvalue weighted by molar-refractivity contribution is 5.91. The second kappa shape index (κ2) is 10.3. The Bertz CT molecular complexity index is 1170. The summed E-state index contributed by atoms with van der Waals surface area (Å²) in [5, 5.41) is 3.43. The molecule has 0 bridgehead atoms. The van der Waals surface area contributed by atoms with Crippen LogP contribution in [0.2, 0.25) is 0 Å². The molecule has 0 fully saturated rings. The Balaban J connectivity index is 1.98. The van der Waals surface area contributed by atoms with Crippen LogP contribution in [0.5, 0.6) is 11.5 Å². The Morgan fingerprint density at radius 1 is 1.09 bits per heavy atom. The highest BCUT2D eigenvalue weighted by Crippen LogP contribution is 2.36. The van der Waals surface area contributed by atoms with Crippen LogP contribution in [0, 0.1) is 12.7 Å². The van der Waals surface area contributed by atoms with Crippen LogP contribution in [0.3, 0.4) is 0 Å². The predicted molar refractivity (Wildman–Crippen MR) is 121 cm³/mol. The number of hydrogen-bond acceptors (Lipinski definition) is 7. The number of nitrogens with one attached hydrogen (secondary N) is 1. The Morgan fingerprint density at radius 3 is 2.44 bits per heavy atom. The first-order chi connectivity index (χ1) is 16.1. The van der Waals surface area contributed by atoms with E-state index in [1.54, 1.807) is 26.2 Å². The van der Waals surface area contributed by atoms with Crippen molar-refractivity contribution in [2.45, 2.75) is 39.1 Å². The summed E-state index contributed by atoms with van der Waals surface area (Å²) in [5.74, 6) is 0.166. The van der Waals surface area contributed by atoms with Crippen molar-refractivity contribution < 1.29 is 31.8 Å². The van der Waals surface area contributed by atoms with Crippen molar-refractivity contribution in [1.82, 2.24) is 9.97 Å². The molecule has 0 radical (unpaired) electrons. The summed E-state index contributed by atoms with van der Waals surface area (Å²) in [4.78, 5) is 8.74. The number of aromatic nitrogens is 2. The third-order valence-corrected chi connectivity index (χ3v) is 5.23. The number of aryl methyl sites for hydroxylation is 1. The maximum atomic E-state index is 14.6. The number of halogens is 4. The summed E-state index contributed by atoms with van der Waals surface area (Å²) in [6.07, 6.45) is -4.25. The van der Waals surface area contributed by atoms with Gasteiger partial charge in [-0.25, -0.2) is 14.4 Å². The van der Waals surface area contributed by atoms with Gasteiger partial charge in [-0.3, -0.25) is 0 Å². The van der Waals surface area contributed by atoms with Crippen molar-refractivity contribution in [3.05, 3.63) is 47.0 Å². The van der Waals surface area contributed by atoms with Crippen LogP contribution in [0.15, 0.2) is 24.3 Å². The molecule has 3 rings (SSSR count). The number of benzene rings is 2. The fourth-order valence-electron chi connectivity index (χ4n) is 3.42. The topological polar surface area (TPSA) is 91.5 Å². The van der Waals surface area contributed by atoms with E-state index in [2.05, 4.69) is 15.3 Å². The maximum absolute atomic E-state index is 14.6. The van der Waals surface area contributed by atoms with Gasteiger partial charge in [0.1, 0.15) is 24.1 Å². The average molecular weight is 482 g/mol. The molecule has 0 aliphatic rings. The lowest BCUT2D eigenvalue weighted by atomic mass is 10.1. The fraction of sp³-hybridized carbons (Fsp3) is 0.391. The highest BCUT2D eigenvalue weighted by atomic mass is 19.4. The Morgan fingerprint density at radius 2 is 1.82 bits per heavy atom. The van der Waals surface area contributed by atoms with E-state index in [0.717, 1.165) is 12.5 Å². The van der Waals surface area contributed by atoms with E-state index in [4.69, 9.17) is 19.9 Å². The lowest BCUT2D eigenvalue weighted by Crippen LogP contribution is -2.19. The van der Waals surface area contributed by atoms with Crippen molar-refractivity contribution in [3.8, 4) is 11.5 Å². The van der Waals surface area contributed by atoms with Gasteiger partial charge in [0, 0.05) is 36.4 Å². The van der Waals surface area contributed by atoms with Crippen LogP contribution in [-0.4, -0.2) is 36.9 Å². The molecular formula is C23H26F4N4O3. The van der Waals surface area contributed by atoms with E-state index in [0.29, 0.717) is 40.1 Å². The molecule has 7 nitrogen and oxygen atoms in total. The van der Waals surface area contributed by atoms with Crippen LogP contribution >= 0.6 is 0 Å². The molecular weight excluding hydrogens is 456 g/mol. The van der Waals surface area contributed by atoms with E-state index in [1.165, 1.54) is 7.11 Å². The smallest absolute Gasteiger partial charge is 0.419 e. The van der Waals surface area contributed by atoms with Gasteiger partial charge in [0.15, 0.2) is 11.5 Å². The number of anilines is 2. The number of alkyl halides is 3. The van der Waals surface area contributed by atoms with Crippen molar-refractivity contribution in [2.24, 2.45) is 0 Å². The Hall–Kier alpha value is -3.34. The number of hydrogen-bond donors (Lipinski definition) is 2. The number of nitrogen functional groups attached to an aromatic ring is 1. The first-order valence-electron chi connectivity index (χ1n) is 10.5. The molecule has 0 saturated carbocycles. The molecule has 1 unspecified atom stereocenters. The second-order valence-electron chi connectivity index (χ2n) is 7.61. The van der Waals surface area contributed by atoms with Gasteiger partial charge in [-0.2, -0.15) is 13.2 Å². The van der Waals surface area contributed by atoms with Gasteiger partial charge in [-0.05, 0) is 31.5 Å². The highest BCUT2D eigenvalue weighted by Gasteiger charge is 2.35. The standard InChI is InChI=1S/C23H26F4N4O3/c1-5-15(32-3)11-34-20-8-16-18(9-19(20)33-4)30-12(2)31-22(16)29-10-13-6-14(28)7-17(21(13)24)23(25,26)27/h6-9,15H,5,10-11,28H2,1-4H3,(H,29,30,31). The number of nitrogens with zero attached hydrogens (tertiary/aromatic N) is 2. The average Bonchev–Trinajstić information content (AvgIpc) is 2.78. The zero-order chi connectivity index (χ0) is 25.0. The van der Waals surface area contributed by atoms with Crippen LogP contribution in [0.1, 0.15) is 30.3 Å². The number of ether oxygens (including phenoxy) is 3. The SMILES string of the molecule is CCC(COc1cc2c(NCc3cc(N)cc(C(F)(F)F)c3F)nc(C)nc2cc1OC)OC. The largest absolute Gasteiger partial charge is 0.493 e. The third kappa shape index (κ3) is 5.58. The molecule has 1 heterocycles. The van der Waals surface area contributed by atoms with Crippen LogP contribution in [0.4, 0.5) is 29.1 Å². The minimum atomic E-state index is -4.87. The van der Waals surface area contributed by atoms with E-state index in [9.17, 15) is 17.6 Å². The summed E-state index contributed by atoms with van der Waals surface area (Å²) >= 11 is 0. The van der Waals surface area contributed by atoms with Gasteiger partial charge in [0.25, 0.3) is 0 Å². The normalized spacial score (nSPS) is 12.6. The molecule has 3 N–H and O–H groups in total. The molecule has 0 saturated heterocycles. The van der Waals surface area contributed by atoms with Gasteiger partial charge < -0.3 is 25.3 Å². The van der Waals surface area contributed by atoms with Gasteiger partial charge in [0.2, 0.25) is 0 Å².